The van der Waals surface area contributed by atoms with Crippen LogP contribution in [0.4, 0.5) is 0 Å². The minimum absolute atomic E-state index is 0.168. The molecule has 0 radical (unpaired) electrons. The summed E-state index contributed by atoms with van der Waals surface area (Å²) in [4.78, 5) is 87.3. The number of benzene rings is 3. The van der Waals surface area contributed by atoms with Gasteiger partial charge in [-0.3, -0.25) is 59.0 Å². The van der Waals surface area contributed by atoms with E-state index >= 15 is 0 Å². The zero-order chi connectivity index (χ0) is 78.5. The van der Waals surface area contributed by atoms with Crippen LogP contribution in [0.2, 0.25) is 5.15 Å². The lowest BCUT2D eigenvalue weighted by atomic mass is 9.49. The molecule has 3 amide bonds. The Hall–Kier alpha value is -9.19. The Morgan fingerprint density at radius 2 is 0.729 bits per heavy atom. The fourth-order valence-corrected chi connectivity index (χ4v) is 13.4. The lowest BCUT2D eigenvalue weighted by molar-refractivity contribution is -0.130. The van der Waals surface area contributed by atoms with Crippen molar-refractivity contribution in [2.45, 2.75) is 175 Å². The van der Waals surface area contributed by atoms with E-state index < -0.39 is 49.0 Å². The van der Waals surface area contributed by atoms with Crippen LogP contribution < -0.4 is 22.7 Å². The molecule has 3 unspecified atom stereocenters. The average Bonchev–Trinajstić information content (AvgIpc) is 1.61. The molecule has 8 aromatic rings. The van der Waals surface area contributed by atoms with Crippen molar-refractivity contribution in [2.75, 3.05) is 21.1 Å². The third kappa shape index (κ3) is 15.8. The van der Waals surface area contributed by atoms with Gasteiger partial charge in [-0.15, -0.1) is 0 Å². The third-order valence-electron chi connectivity index (χ3n) is 20.7. The smallest absolute Gasteiger partial charge is 0.405 e. The third-order valence-corrected chi connectivity index (χ3v) is 21.4. The van der Waals surface area contributed by atoms with Crippen molar-refractivity contribution in [1.29, 1.82) is 0 Å². The first-order valence-corrected chi connectivity index (χ1v) is 36.1. The predicted molar refractivity (Wildman–Crippen MR) is 420 cm³/mol. The average molecular weight is 1530 g/mol. The zero-order valence-corrected chi connectivity index (χ0v) is 66.9. The van der Waals surface area contributed by atoms with Gasteiger partial charge in [0.25, 0.3) is 17.7 Å². The topological polar surface area (TPSA) is 322 Å². The Morgan fingerprint density at radius 1 is 0.402 bits per heavy atom. The number of likely N-dealkylation sites (N-methyl/N-ethyl adjacent to an activating group) is 3. The van der Waals surface area contributed by atoms with Crippen molar-refractivity contribution >= 4 is 89.7 Å². The van der Waals surface area contributed by atoms with Gasteiger partial charge in [0.15, 0.2) is 34.5 Å². The fraction of sp³-hybridized carbons (Fsp3) is 0.390. The van der Waals surface area contributed by atoms with Gasteiger partial charge in [-0.2, -0.15) is 0 Å². The van der Waals surface area contributed by atoms with Crippen molar-refractivity contribution in [3.05, 3.63) is 224 Å². The molecule has 0 bridgehead atoms. The maximum Gasteiger partial charge on any atom is 0.494 e. The van der Waals surface area contributed by atoms with Gasteiger partial charge in [0, 0.05) is 90.1 Å². The van der Waals surface area contributed by atoms with E-state index in [0.717, 1.165) is 83.2 Å². The summed E-state index contributed by atoms with van der Waals surface area (Å²) in [5, 5.41) is 0.433. The maximum absolute atomic E-state index is 13.5. The molecule has 3 saturated heterocycles. The number of aromatic nitrogens is 7. The first kappa shape index (κ1) is 80.4. The molecule has 25 nitrogen and oxygen atoms in total. The van der Waals surface area contributed by atoms with Crippen molar-refractivity contribution < 1.29 is 42.3 Å². The highest BCUT2D eigenvalue weighted by molar-refractivity contribution is 9.10. The fourth-order valence-electron chi connectivity index (χ4n) is 12.9. The van der Waals surface area contributed by atoms with Gasteiger partial charge < -0.3 is 45.1 Å². The molecule has 558 valence electrons. The van der Waals surface area contributed by atoms with Gasteiger partial charge in [0.1, 0.15) is 5.15 Å². The second kappa shape index (κ2) is 30.1. The summed E-state index contributed by atoms with van der Waals surface area (Å²) < 4.78 is 37.2. The summed E-state index contributed by atoms with van der Waals surface area (Å²) in [5.74, 6) is -0.00673. The van der Waals surface area contributed by atoms with Gasteiger partial charge in [-0.05, 0) is 218 Å². The highest BCUT2D eigenvalue weighted by Crippen LogP contribution is 2.46. The lowest BCUT2D eigenvalue weighted by Crippen LogP contribution is -2.42. The Balaban J connectivity index is 0.000000150. The van der Waals surface area contributed by atoms with Crippen molar-refractivity contribution in [3.8, 4) is 11.3 Å². The standard InChI is InChI=1S/C23H29BN4O3.C21H20N6O.C17H17BrN4O.C12H24B2O4.C4H3ClN2/c1-14-11-17(12-15(2)26-14)23(19(29)28(7)20(25)27-23)16-9-8-10-18(13-16)24-30-21(3,4)22(5,6)31-24;1-13-9-17(10-14(2)25-13)21(19(28)27(3)20(22)26-21)16-6-4-5-15(11-16)18-12-23-7-8-24-18;1-10-7-13(8-11(2)20-10)17(12-5-4-6-14(18)9-12)15(23)22(3)16(19)21-17;1-9(2)10(3,4)16-13(15-9)14-17-11(5,6)12(7,8)18-14;5-4-3-6-1-2-7-4/h8-13H,1-7H3,(H2,25,27);4-12H,1-3H3,(H2,22,26);4-9H,1-3H3,(H2,19,21);1-8H3;1-3H. The number of nitrogens with zero attached hydrogens (tertiary/aromatic N) is 13. The molecule has 14 rings (SSSR count). The molecule has 3 aromatic carbocycles. The highest BCUT2D eigenvalue weighted by Gasteiger charge is 2.64. The van der Waals surface area contributed by atoms with E-state index in [1.165, 1.54) is 20.9 Å². The van der Waals surface area contributed by atoms with E-state index in [0.29, 0.717) is 10.7 Å². The Kier molecular flexibility index (Phi) is 22.6. The van der Waals surface area contributed by atoms with E-state index in [9.17, 15) is 14.4 Å². The molecular formula is C77H93B3BrClN16O9. The van der Waals surface area contributed by atoms with Crippen LogP contribution in [0.3, 0.4) is 0 Å². The summed E-state index contributed by atoms with van der Waals surface area (Å²) in [5.41, 5.74) is 23.9. The first-order chi connectivity index (χ1) is 49.9. The lowest BCUT2D eigenvalue weighted by Gasteiger charge is -2.32. The Morgan fingerprint density at radius 3 is 1.04 bits per heavy atom. The number of guanidine groups is 3. The molecule has 0 saturated carbocycles. The summed E-state index contributed by atoms with van der Waals surface area (Å²) >= 11 is 8.83. The number of halogens is 2. The molecule has 3 fully saturated rings. The van der Waals surface area contributed by atoms with Crippen LogP contribution in [-0.2, 0) is 58.9 Å². The normalized spacial score (nSPS) is 22.5. The number of aryl methyl sites for hydroxylation is 6. The van der Waals surface area contributed by atoms with Crippen LogP contribution in [0.5, 0.6) is 0 Å². The molecule has 11 heterocycles. The second-order valence-electron chi connectivity index (χ2n) is 30.2. The molecule has 107 heavy (non-hydrogen) atoms. The van der Waals surface area contributed by atoms with Gasteiger partial charge in [-0.25, -0.2) is 20.0 Å². The number of carbonyl (C=O) groups excluding carboxylic acids is 3. The molecule has 6 aliphatic rings. The van der Waals surface area contributed by atoms with Crippen molar-refractivity contribution in [1.82, 2.24) is 49.6 Å². The van der Waals surface area contributed by atoms with Gasteiger partial charge in [-0.1, -0.05) is 82.1 Å². The van der Waals surface area contributed by atoms with E-state index in [2.05, 4.69) is 60.8 Å². The molecular weight excluding hydrogens is 1440 g/mol. The summed E-state index contributed by atoms with van der Waals surface area (Å²) in [6.45, 7) is 35.7. The molecule has 6 aliphatic heterocycles. The molecule has 30 heteroatoms. The van der Waals surface area contributed by atoms with Crippen LogP contribution in [0.25, 0.3) is 11.3 Å². The number of rotatable bonds is 9. The molecule has 0 spiro atoms. The molecule has 0 aliphatic carbocycles. The largest absolute Gasteiger partial charge is 0.494 e. The number of pyridine rings is 3. The number of hydrogen-bond donors (Lipinski definition) is 3. The number of hydrogen-bond acceptors (Lipinski definition) is 22. The summed E-state index contributed by atoms with van der Waals surface area (Å²) in [6.07, 6.45) is 9.55. The Labute approximate surface area is 640 Å². The number of carbonyl (C=O) groups is 3. The molecule has 6 N–H and O–H groups in total. The number of aliphatic imine (C=N–C) groups is 3. The number of amides is 3. The van der Waals surface area contributed by atoms with E-state index in [1.807, 2.05) is 234 Å². The van der Waals surface area contributed by atoms with Crippen molar-refractivity contribution in [2.24, 2.45) is 32.2 Å². The van der Waals surface area contributed by atoms with E-state index in [4.69, 9.17) is 61.7 Å². The minimum atomic E-state index is -1.28. The van der Waals surface area contributed by atoms with E-state index in [1.54, 1.807) is 52.1 Å². The van der Waals surface area contributed by atoms with Gasteiger partial charge in [0.2, 0.25) is 0 Å². The van der Waals surface area contributed by atoms with E-state index in [-0.39, 0.29) is 58.0 Å². The van der Waals surface area contributed by atoms with Gasteiger partial charge >= 0.3 is 21.1 Å². The predicted octanol–water partition coefficient (Wildman–Crippen LogP) is 10.1. The quantitative estimate of drug-likeness (QED) is 0.113. The molecule has 3 atom stereocenters. The first-order valence-electron chi connectivity index (χ1n) is 34.9. The van der Waals surface area contributed by atoms with Crippen LogP contribution in [0.1, 0.15) is 151 Å². The molecule has 5 aromatic heterocycles. The monoisotopic (exact) mass is 1530 g/mol. The van der Waals surface area contributed by atoms with Crippen LogP contribution >= 0.6 is 27.5 Å². The highest BCUT2D eigenvalue weighted by atomic mass is 79.9. The SMILES string of the molecule is CC1(C)OB(B2OC(C)(C)C(C)(C)O2)OC1(C)C.Cc1cc(C2(c3cccc(-c4cnccn4)c3)N=C(N)N(C)C2=O)cc(C)n1.Cc1cc(C2(c3cccc(B4OC(C)(C)C(C)(C)O4)c3)N=C(N)N(C)C2=O)cc(C)n1.Cc1cc(C2(c3cccc(Br)c3)N=C(N)N(C)C2=O)cc(C)n1.Clc1cnccn1. The second-order valence-corrected chi connectivity index (χ2v) is 31.5. The Bertz CT molecular complexity index is 4660. The zero-order valence-electron chi connectivity index (χ0n) is 64.6. The minimum Gasteiger partial charge on any atom is -0.405 e. The van der Waals surface area contributed by atoms with Gasteiger partial charge in [0.05, 0.1) is 51.7 Å². The van der Waals surface area contributed by atoms with Crippen LogP contribution in [-0.4, -0.2) is 161 Å². The van der Waals surface area contributed by atoms with Crippen LogP contribution in [0.15, 0.2) is 166 Å². The van der Waals surface area contributed by atoms with Crippen molar-refractivity contribution in [3.63, 3.8) is 0 Å². The summed E-state index contributed by atoms with van der Waals surface area (Å²) in [7, 11) is 3.42. The summed E-state index contributed by atoms with van der Waals surface area (Å²) in [6, 6.07) is 34.2. The maximum atomic E-state index is 13.5. The van der Waals surface area contributed by atoms with Crippen LogP contribution in [0, 0.1) is 41.5 Å². The number of nitrogens with two attached hydrogens (primary N) is 3.